The van der Waals surface area contributed by atoms with Gasteiger partial charge in [0.15, 0.2) is 0 Å². The standard InChI is InChI=1S/C17H22N2/c18-12-16(14-6-2-1-3-7-14)13-19-11-5-9-15-8-4-10-17(15)19/h1-3,6-7,15-17H,4-5,8-11,13H2. The van der Waals surface area contributed by atoms with Crippen molar-refractivity contribution in [3.8, 4) is 6.07 Å². The van der Waals surface area contributed by atoms with Crippen LogP contribution in [-0.2, 0) is 0 Å². The molecule has 0 aromatic heterocycles. The second kappa shape index (κ2) is 5.75. The van der Waals surface area contributed by atoms with E-state index in [0.29, 0.717) is 0 Å². The molecule has 3 rings (SSSR count). The van der Waals surface area contributed by atoms with Gasteiger partial charge < -0.3 is 0 Å². The largest absolute Gasteiger partial charge is 0.298 e. The van der Waals surface area contributed by atoms with E-state index in [9.17, 15) is 5.26 Å². The van der Waals surface area contributed by atoms with Gasteiger partial charge in [-0.15, -0.1) is 0 Å². The van der Waals surface area contributed by atoms with Crippen molar-refractivity contribution in [2.75, 3.05) is 13.1 Å². The molecule has 100 valence electrons. The molecule has 19 heavy (non-hydrogen) atoms. The first-order valence-corrected chi connectivity index (χ1v) is 7.57. The lowest BCUT2D eigenvalue weighted by molar-refractivity contribution is 0.111. The summed E-state index contributed by atoms with van der Waals surface area (Å²) in [5.74, 6) is 0.935. The van der Waals surface area contributed by atoms with Crippen LogP contribution in [0.4, 0.5) is 0 Å². The van der Waals surface area contributed by atoms with Gasteiger partial charge in [0.1, 0.15) is 0 Å². The predicted octanol–water partition coefficient (Wildman–Crippen LogP) is 3.56. The van der Waals surface area contributed by atoms with Crippen LogP contribution in [0, 0.1) is 17.2 Å². The highest BCUT2D eigenvalue weighted by molar-refractivity contribution is 5.25. The van der Waals surface area contributed by atoms with Crippen molar-refractivity contribution in [2.45, 2.75) is 44.1 Å². The van der Waals surface area contributed by atoms with Gasteiger partial charge in [-0.3, -0.25) is 4.90 Å². The third-order valence-electron chi connectivity index (χ3n) is 4.88. The van der Waals surface area contributed by atoms with Crippen molar-refractivity contribution in [2.24, 2.45) is 5.92 Å². The summed E-state index contributed by atoms with van der Waals surface area (Å²) in [7, 11) is 0. The topological polar surface area (TPSA) is 27.0 Å². The van der Waals surface area contributed by atoms with E-state index >= 15 is 0 Å². The third-order valence-corrected chi connectivity index (χ3v) is 4.88. The van der Waals surface area contributed by atoms with Gasteiger partial charge in [-0.25, -0.2) is 0 Å². The molecule has 0 bridgehead atoms. The summed E-state index contributed by atoms with van der Waals surface area (Å²) in [6.45, 7) is 2.11. The van der Waals surface area contributed by atoms with E-state index in [1.165, 1.54) is 44.2 Å². The molecular weight excluding hydrogens is 232 g/mol. The zero-order valence-electron chi connectivity index (χ0n) is 11.5. The molecular formula is C17H22N2. The van der Waals surface area contributed by atoms with Crippen LogP contribution in [0.15, 0.2) is 30.3 Å². The van der Waals surface area contributed by atoms with Crippen LogP contribution >= 0.6 is 0 Å². The second-order valence-electron chi connectivity index (χ2n) is 5.99. The molecule has 3 atom stereocenters. The van der Waals surface area contributed by atoms with Crippen LogP contribution in [0.1, 0.15) is 43.6 Å². The fraction of sp³-hybridized carbons (Fsp3) is 0.588. The molecule has 1 saturated heterocycles. The molecule has 1 heterocycles. The van der Waals surface area contributed by atoms with Gasteiger partial charge >= 0.3 is 0 Å². The van der Waals surface area contributed by atoms with Crippen LogP contribution in [0.5, 0.6) is 0 Å². The van der Waals surface area contributed by atoms with Gasteiger partial charge in [0.05, 0.1) is 12.0 Å². The van der Waals surface area contributed by atoms with Crippen molar-refractivity contribution in [3.05, 3.63) is 35.9 Å². The lowest BCUT2D eigenvalue weighted by Gasteiger charge is -2.38. The van der Waals surface area contributed by atoms with E-state index in [4.69, 9.17) is 0 Å². The number of likely N-dealkylation sites (tertiary alicyclic amines) is 1. The van der Waals surface area contributed by atoms with Gasteiger partial charge in [0, 0.05) is 12.6 Å². The van der Waals surface area contributed by atoms with Crippen LogP contribution in [0.2, 0.25) is 0 Å². The Kier molecular flexibility index (Phi) is 3.84. The Labute approximate surface area is 116 Å². The highest BCUT2D eigenvalue weighted by atomic mass is 15.2. The van der Waals surface area contributed by atoms with E-state index in [0.717, 1.165) is 18.5 Å². The zero-order valence-corrected chi connectivity index (χ0v) is 11.5. The average molecular weight is 254 g/mol. The van der Waals surface area contributed by atoms with E-state index < -0.39 is 0 Å². The van der Waals surface area contributed by atoms with Crippen molar-refractivity contribution in [3.63, 3.8) is 0 Å². The Morgan fingerprint density at radius 1 is 1.16 bits per heavy atom. The summed E-state index contributed by atoms with van der Waals surface area (Å²) in [4.78, 5) is 2.60. The lowest BCUT2D eigenvalue weighted by Crippen LogP contribution is -2.44. The quantitative estimate of drug-likeness (QED) is 0.824. The maximum absolute atomic E-state index is 9.47. The number of rotatable bonds is 3. The monoisotopic (exact) mass is 254 g/mol. The molecule has 2 heteroatoms. The highest BCUT2D eigenvalue weighted by Gasteiger charge is 2.35. The highest BCUT2D eigenvalue weighted by Crippen LogP contribution is 2.37. The molecule has 0 N–H and O–H groups in total. The first-order valence-electron chi connectivity index (χ1n) is 7.57. The summed E-state index contributed by atoms with van der Waals surface area (Å²) in [6.07, 6.45) is 6.85. The summed E-state index contributed by atoms with van der Waals surface area (Å²) >= 11 is 0. The Morgan fingerprint density at radius 3 is 2.74 bits per heavy atom. The molecule has 0 spiro atoms. The number of nitrogens with zero attached hydrogens (tertiary/aromatic N) is 2. The molecule has 1 aromatic carbocycles. The first kappa shape index (κ1) is 12.7. The average Bonchev–Trinajstić information content (AvgIpc) is 2.95. The molecule has 0 radical (unpaired) electrons. The number of fused-ring (bicyclic) bond motifs is 1. The fourth-order valence-electron chi connectivity index (χ4n) is 3.92. The van der Waals surface area contributed by atoms with E-state index in [1.807, 2.05) is 18.2 Å². The van der Waals surface area contributed by atoms with Crippen LogP contribution in [0.3, 0.4) is 0 Å². The molecule has 2 aliphatic rings. The SMILES string of the molecule is N#CC(CN1CCCC2CCCC21)c1ccccc1. The molecule has 1 saturated carbocycles. The van der Waals surface area contributed by atoms with Crippen LogP contribution < -0.4 is 0 Å². The molecule has 2 fully saturated rings. The number of piperidine rings is 1. The Bertz CT molecular complexity index is 448. The van der Waals surface area contributed by atoms with E-state index in [2.05, 4.69) is 23.1 Å². The van der Waals surface area contributed by atoms with Crippen molar-refractivity contribution in [1.29, 1.82) is 5.26 Å². The predicted molar refractivity (Wildman–Crippen MR) is 76.7 cm³/mol. The minimum absolute atomic E-state index is 0.0283. The molecule has 2 nitrogen and oxygen atoms in total. The van der Waals surface area contributed by atoms with Crippen LogP contribution in [-0.4, -0.2) is 24.0 Å². The number of benzene rings is 1. The van der Waals surface area contributed by atoms with Gasteiger partial charge in [-0.1, -0.05) is 36.8 Å². The summed E-state index contributed by atoms with van der Waals surface area (Å²) < 4.78 is 0. The molecule has 3 unspecified atom stereocenters. The van der Waals surface area contributed by atoms with Gasteiger partial charge in [-0.2, -0.15) is 5.26 Å². The van der Waals surface area contributed by atoms with Gasteiger partial charge in [-0.05, 0) is 43.7 Å². The molecule has 1 aliphatic carbocycles. The normalized spacial score (nSPS) is 28.6. The number of hydrogen-bond acceptors (Lipinski definition) is 2. The minimum atomic E-state index is 0.0283. The Balaban J connectivity index is 1.71. The summed E-state index contributed by atoms with van der Waals surface area (Å²) in [5, 5.41) is 9.47. The van der Waals surface area contributed by atoms with Gasteiger partial charge in [0.25, 0.3) is 0 Å². The Morgan fingerprint density at radius 2 is 1.95 bits per heavy atom. The van der Waals surface area contributed by atoms with Crippen LogP contribution in [0.25, 0.3) is 0 Å². The summed E-state index contributed by atoms with van der Waals surface area (Å²) in [6, 6.07) is 13.5. The fourth-order valence-corrected chi connectivity index (χ4v) is 3.92. The summed E-state index contributed by atoms with van der Waals surface area (Å²) in [5.41, 5.74) is 1.17. The lowest BCUT2D eigenvalue weighted by atomic mass is 9.90. The molecule has 1 aromatic rings. The molecule has 1 aliphatic heterocycles. The van der Waals surface area contributed by atoms with Crippen molar-refractivity contribution >= 4 is 0 Å². The zero-order chi connectivity index (χ0) is 13.1. The van der Waals surface area contributed by atoms with Crippen molar-refractivity contribution in [1.82, 2.24) is 4.90 Å². The maximum Gasteiger partial charge on any atom is 0.0839 e. The first-order chi connectivity index (χ1) is 9.38. The third kappa shape index (κ3) is 2.67. The Hall–Kier alpha value is -1.33. The van der Waals surface area contributed by atoms with E-state index in [-0.39, 0.29) is 5.92 Å². The van der Waals surface area contributed by atoms with Crippen molar-refractivity contribution < 1.29 is 0 Å². The number of hydrogen-bond donors (Lipinski definition) is 0. The second-order valence-corrected chi connectivity index (χ2v) is 5.99. The number of nitriles is 1. The van der Waals surface area contributed by atoms with E-state index in [1.54, 1.807) is 0 Å². The molecule has 0 amide bonds. The van der Waals surface area contributed by atoms with Gasteiger partial charge in [0.2, 0.25) is 0 Å². The minimum Gasteiger partial charge on any atom is -0.298 e. The maximum atomic E-state index is 9.47. The smallest absolute Gasteiger partial charge is 0.0839 e.